The molecule has 1 aliphatic rings. The third-order valence-corrected chi connectivity index (χ3v) is 4.91. The van der Waals surface area contributed by atoms with E-state index in [1.165, 1.54) is 5.56 Å². The second-order valence-electron chi connectivity index (χ2n) is 3.82. The normalized spacial score (nSPS) is 19.4. The molecule has 0 saturated carbocycles. The van der Waals surface area contributed by atoms with Crippen LogP contribution in [0.5, 0.6) is 0 Å². The van der Waals surface area contributed by atoms with Crippen molar-refractivity contribution in [1.82, 2.24) is 0 Å². The lowest BCUT2D eigenvalue weighted by Crippen LogP contribution is -1.93. The highest BCUT2D eigenvalue weighted by Crippen LogP contribution is 2.38. The molecule has 2 heterocycles. The first kappa shape index (κ1) is 11.3. The standard InChI is InChI=1S/C13H10ClNS2/c14-11-3-1-9(2-4-11)13-15-7-12(17-13)10-5-6-16-8-10/h1-6,8,12H,7H2. The Morgan fingerprint density at radius 1 is 1.18 bits per heavy atom. The van der Waals surface area contributed by atoms with Crippen LogP contribution in [0.15, 0.2) is 46.1 Å². The minimum atomic E-state index is 0.479. The van der Waals surface area contributed by atoms with E-state index in [0.29, 0.717) is 5.25 Å². The third-order valence-electron chi connectivity index (χ3n) is 2.66. The first-order valence-corrected chi connectivity index (χ1v) is 7.52. The summed E-state index contributed by atoms with van der Waals surface area (Å²) in [5.74, 6) is 0. The molecule has 0 bridgehead atoms. The van der Waals surface area contributed by atoms with Crippen LogP contribution < -0.4 is 0 Å². The van der Waals surface area contributed by atoms with Gasteiger partial charge < -0.3 is 0 Å². The summed E-state index contributed by atoms with van der Waals surface area (Å²) in [5, 5.41) is 6.70. The number of hydrogen-bond acceptors (Lipinski definition) is 3. The van der Waals surface area contributed by atoms with Gasteiger partial charge >= 0.3 is 0 Å². The van der Waals surface area contributed by atoms with Gasteiger partial charge in [-0.05, 0) is 34.5 Å². The molecular weight excluding hydrogens is 270 g/mol. The van der Waals surface area contributed by atoms with Crippen LogP contribution in [0.1, 0.15) is 16.4 Å². The number of benzene rings is 1. The number of thioether (sulfide) groups is 1. The van der Waals surface area contributed by atoms with Gasteiger partial charge in [0, 0.05) is 10.6 Å². The van der Waals surface area contributed by atoms with Gasteiger partial charge in [-0.1, -0.05) is 35.5 Å². The van der Waals surface area contributed by atoms with Crippen molar-refractivity contribution < 1.29 is 0 Å². The highest BCUT2D eigenvalue weighted by atomic mass is 35.5. The monoisotopic (exact) mass is 279 g/mol. The van der Waals surface area contributed by atoms with Crippen LogP contribution in [0.3, 0.4) is 0 Å². The molecule has 4 heteroatoms. The van der Waals surface area contributed by atoms with Crippen LogP contribution in [0.4, 0.5) is 0 Å². The van der Waals surface area contributed by atoms with Crippen LogP contribution in [-0.2, 0) is 0 Å². The summed E-state index contributed by atoms with van der Waals surface area (Å²) in [6.07, 6.45) is 0. The van der Waals surface area contributed by atoms with E-state index in [4.69, 9.17) is 11.6 Å². The Balaban J connectivity index is 1.77. The number of halogens is 1. The second kappa shape index (κ2) is 4.84. The first-order chi connectivity index (χ1) is 8.33. The molecule has 1 atom stereocenters. The lowest BCUT2D eigenvalue weighted by Gasteiger charge is -2.05. The van der Waals surface area contributed by atoms with Crippen molar-refractivity contribution in [2.24, 2.45) is 4.99 Å². The van der Waals surface area contributed by atoms with Crippen LogP contribution in [0.25, 0.3) is 0 Å². The average Bonchev–Trinajstić information content (AvgIpc) is 3.00. The molecule has 1 nitrogen and oxygen atoms in total. The van der Waals surface area contributed by atoms with Crippen molar-refractivity contribution in [2.75, 3.05) is 6.54 Å². The van der Waals surface area contributed by atoms with Gasteiger partial charge in [-0.25, -0.2) is 0 Å². The Morgan fingerprint density at radius 2 is 2.00 bits per heavy atom. The maximum Gasteiger partial charge on any atom is 0.0984 e. The van der Waals surface area contributed by atoms with Gasteiger partial charge in [0.2, 0.25) is 0 Å². The topological polar surface area (TPSA) is 12.4 Å². The van der Waals surface area contributed by atoms with Crippen molar-refractivity contribution in [3.8, 4) is 0 Å². The lowest BCUT2D eigenvalue weighted by atomic mass is 10.2. The Labute approximate surface area is 114 Å². The zero-order valence-corrected chi connectivity index (χ0v) is 11.4. The molecule has 17 heavy (non-hydrogen) atoms. The fraction of sp³-hybridized carbons (Fsp3) is 0.154. The number of nitrogens with zero attached hydrogens (tertiary/aromatic N) is 1. The molecule has 1 aliphatic heterocycles. The summed E-state index contributed by atoms with van der Waals surface area (Å²) in [4.78, 5) is 4.61. The molecule has 1 aromatic carbocycles. The summed E-state index contributed by atoms with van der Waals surface area (Å²) in [6, 6.07) is 10.1. The van der Waals surface area contributed by atoms with Gasteiger partial charge in [0.25, 0.3) is 0 Å². The molecule has 1 aromatic heterocycles. The summed E-state index contributed by atoms with van der Waals surface area (Å²) >= 11 is 9.47. The van der Waals surface area contributed by atoms with E-state index in [0.717, 1.165) is 22.2 Å². The van der Waals surface area contributed by atoms with Crippen molar-refractivity contribution in [3.05, 3.63) is 57.2 Å². The molecule has 0 fully saturated rings. The number of hydrogen-bond donors (Lipinski definition) is 0. The van der Waals surface area contributed by atoms with Crippen LogP contribution in [0, 0.1) is 0 Å². The van der Waals surface area contributed by atoms with Gasteiger partial charge in [0.05, 0.1) is 16.8 Å². The molecule has 1 unspecified atom stereocenters. The number of thiophene rings is 1. The molecule has 0 saturated heterocycles. The fourth-order valence-corrected chi connectivity index (χ4v) is 3.81. The summed E-state index contributed by atoms with van der Waals surface area (Å²) in [7, 11) is 0. The Kier molecular flexibility index (Phi) is 3.23. The summed E-state index contributed by atoms with van der Waals surface area (Å²) in [6.45, 7) is 0.874. The van der Waals surface area contributed by atoms with E-state index in [9.17, 15) is 0 Å². The first-order valence-electron chi connectivity index (χ1n) is 5.32. The molecule has 2 aromatic rings. The number of aliphatic imine (C=N–C) groups is 1. The maximum absolute atomic E-state index is 5.88. The molecular formula is C13H10ClNS2. The van der Waals surface area contributed by atoms with E-state index in [1.54, 1.807) is 11.3 Å². The fourth-order valence-electron chi connectivity index (χ4n) is 1.76. The zero-order chi connectivity index (χ0) is 11.7. The molecule has 0 aliphatic carbocycles. The summed E-state index contributed by atoms with van der Waals surface area (Å²) < 4.78 is 0. The average molecular weight is 280 g/mol. The van der Waals surface area contributed by atoms with Crippen molar-refractivity contribution in [3.63, 3.8) is 0 Å². The van der Waals surface area contributed by atoms with E-state index >= 15 is 0 Å². The van der Waals surface area contributed by atoms with Crippen LogP contribution in [0.2, 0.25) is 5.02 Å². The predicted octanol–water partition coefficient (Wildman–Crippen LogP) is 4.64. The van der Waals surface area contributed by atoms with Gasteiger partial charge in [-0.2, -0.15) is 11.3 Å². The molecule has 86 valence electrons. The SMILES string of the molecule is Clc1ccc(C2=NCC(c3ccsc3)S2)cc1. The molecule has 0 amide bonds. The van der Waals surface area contributed by atoms with Crippen molar-refractivity contribution in [2.45, 2.75) is 5.25 Å². The lowest BCUT2D eigenvalue weighted by molar-refractivity contribution is 0.972. The van der Waals surface area contributed by atoms with Crippen LogP contribution in [-0.4, -0.2) is 11.6 Å². The van der Waals surface area contributed by atoms with Gasteiger partial charge in [0.1, 0.15) is 0 Å². The maximum atomic E-state index is 5.88. The van der Waals surface area contributed by atoms with E-state index < -0.39 is 0 Å². The summed E-state index contributed by atoms with van der Waals surface area (Å²) in [5.41, 5.74) is 2.55. The molecule has 0 spiro atoms. The van der Waals surface area contributed by atoms with Gasteiger partial charge in [-0.15, -0.1) is 0 Å². The minimum Gasteiger partial charge on any atom is -0.276 e. The Morgan fingerprint density at radius 3 is 2.71 bits per heavy atom. The predicted molar refractivity (Wildman–Crippen MR) is 77.5 cm³/mol. The quantitative estimate of drug-likeness (QED) is 0.780. The molecule has 0 N–H and O–H groups in total. The van der Waals surface area contributed by atoms with Gasteiger partial charge in [0.15, 0.2) is 0 Å². The highest BCUT2D eigenvalue weighted by molar-refractivity contribution is 8.14. The largest absolute Gasteiger partial charge is 0.276 e. The van der Waals surface area contributed by atoms with Gasteiger partial charge in [-0.3, -0.25) is 4.99 Å². The highest BCUT2D eigenvalue weighted by Gasteiger charge is 2.22. The van der Waals surface area contributed by atoms with Crippen molar-refractivity contribution >= 4 is 39.7 Å². The Bertz CT molecular complexity index is 531. The van der Waals surface area contributed by atoms with Crippen LogP contribution >= 0.6 is 34.7 Å². The molecule has 3 rings (SSSR count). The Hall–Kier alpha value is -0.770. The van der Waals surface area contributed by atoms with E-state index in [-0.39, 0.29) is 0 Å². The second-order valence-corrected chi connectivity index (χ2v) is 6.22. The zero-order valence-electron chi connectivity index (χ0n) is 8.97. The number of rotatable bonds is 2. The van der Waals surface area contributed by atoms with E-state index in [2.05, 4.69) is 21.8 Å². The molecule has 0 radical (unpaired) electrons. The smallest absolute Gasteiger partial charge is 0.0984 e. The van der Waals surface area contributed by atoms with Crippen molar-refractivity contribution in [1.29, 1.82) is 0 Å². The van der Waals surface area contributed by atoms with E-state index in [1.807, 2.05) is 36.0 Å². The third kappa shape index (κ3) is 2.41. The minimum absolute atomic E-state index is 0.479.